The molecule has 1 aromatic heterocycles. The molecule has 2 aliphatic heterocycles. The molecular formula is C17H28N2O5. The van der Waals surface area contributed by atoms with Gasteiger partial charge in [-0.3, -0.25) is 4.68 Å². The second kappa shape index (κ2) is 7.82. The zero-order chi connectivity index (χ0) is 17.1. The molecule has 7 nitrogen and oxygen atoms in total. The van der Waals surface area contributed by atoms with Gasteiger partial charge in [0, 0.05) is 37.3 Å². The molecule has 2 N–H and O–H groups in total. The number of hydrogen-bond donors (Lipinski definition) is 2. The highest BCUT2D eigenvalue weighted by Gasteiger charge is 2.31. The number of hydrogen-bond acceptors (Lipinski definition) is 6. The van der Waals surface area contributed by atoms with Crippen molar-refractivity contribution in [1.29, 1.82) is 0 Å². The topological polar surface area (TPSA) is 86.0 Å². The predicted molar refractivity (Wildman–Crippen MR) is 87.0 cm³/mol. The van der Waals surface area contributed by atoms with Crippen molar-refractivity contribution < 1.29 is 24.4 Å². The highest BCUT2D eigenvalue weighted by Crippen LogP contribution is 2.31. The normalized spacial score (nSPS) is 28.9. The molecule has 3 atom stereocenters. The van der Waals surface area contributed by atoms with Gasteiger partial charge >= 0.3 is 0 Å². The van der Waals surface area contributed by atoms with E-state index in [0.29, 0.717) is 24.8 Å². The van der Waals surface area contributed by atoms with Crippen LogP contribution in [0, 0.1) is 6.92 Å². The van der Waals surface area contributed by atoms with Crippen LogP contribution in [0.1, 0.15) is 49.9 Å². The smallest absolute Gasteiger partial charge is 0.238 e. The molecule has 0 radical (unpaired) electrons. The monoisotopic (exact) mass is 340 g/mol. The summed E-state index contributed by atoms with van der Waals surface area (Å²) in [4.78, 5) is 0. The summed E-state index contributed by atoms with van der Waals surface area (Å²) in [6, 6.07) is 0.337. The van der Waals surface area contributed by atoms with Gasteiger partial charge in [-0.05, 0) is 26.2 Å². The van der Waals surface area contributed by atoms with E-state index in [2.05, 4.69) is 23.6 Å². The summed E-state index contributed by atoms with van der Waals surface area (Å²) < 4.78 is 19.2. The van der Waals surface area contributed by atoms with Gasteiger partial charge in [0.2, 0.25) is 12.2 Å². The fourth-order valence-corrected chi connectivity index (χ4v) is 3.58. The van der Waals surface area contributed by atoms with E-state index < -0.39 is 12.4 Å². The van der Waals surface area contributed by atoms with Crippen LogP contribution < -0.4 is 4.74 Å². The first-order valence-corrected chi connectivity index (χ1v) is 8.89. The van der Waals surface area contributed by atoms with Crippen molar-refractivity contribution in [3.63, 3.8) is 0 Å². The molecule has 3 heterocycles. The van der Waals surface area contributed by atoms with Gasteiger partial charge in [0.05, 0.1) is 24.9 Å². The number of aromatic nitrogens is 2. The third-order valence-corrected chi connectivity index (χ3v) is 4.92. The fraction of sp³-hybridized carbons (Fsp3) is 0.824. The Kier molecular flexibility index (Phi) is 5.76. The van der Waals surface area contributed by atoms with E-state index in [4.69, 9.17) is 14.2 Å². The first kappa shape index (κ1) is 17.7. The summed E-state index contributed by atoms with van der Waals surface area (Å²) in [5, 5.41) is 23.9. The predicted octanol–water partition coefficient (Wildman–Crippen LogP) is 1.34. The van der Waals surface area contributed by atoms with Crippen LogP contribution in [0.4, 0.5) is 0 Å². The Morgan fingerprint density at radius 1 is 1.29 bits per heavy atom. The van der Waals surface area contributed by atoms with Crippen molar-refractivity contribution in [2.75, 3.05) is 19.8 Å². The zero-order valence-electron chi connectivity index (χ0n) is 14.5. The minimum absolute atomic E-state index is 0.118. The lowest BCUT2D eigenvalue weighted by Gasteiger charge is -2.31. The Balaban J connectivity index is 1.77. The molecule has 2 saturated heterocycles. The molecule has 7 heteroatoms. The highest BCUT2D eigenvalue weighted by atomic mass is 16.7. The molecule has 136 valence electrons. The third-order valence-electron chi connectivity index (χ3n) is 4.92. The standard InChI is InChI=1S/C17H28N2O5/c1-3-15-11(2)19(12-4-6-22-7-5-12)18-17(15)24-16-9-13(21)8-14(10-20)23-16/h12-14,16,20-21H,3-10H2,1-2H3. The van der Waals surface area contributed by atoms with E-state index in [1.165, 1.54) is 0 Å². The Morgan fingerprint density at radius 3 is 2.71 bits per heavy atom. The van der Waals surface area contributed by atoms with Gasteiger partial charge in [0.15, 0.2) is 0 Å². The summed E-state index contributed by atoms with van der Waals surface area (Å²) in [6.45, 7) is 5.56. The molecule has 0 aliphatic carbocycles. The van der Waals surface area contributed by atoms with E-state index in [1.54, 1.807) is 0 Å². The number of ether oxygens (including phenoxy) is 3. The summed E-state index contributed by atoms with van der Waals surface area (Å²) in [6.07, 6.45) is 2.08. The molecule has 2 fully saturated rings. The highest BCUT2D eigenvalue weighted by molar-refractivity contribution is 5.31. The molecule has 0 bridgehead atoms. The maximum Gasteiger partial charge on any atom is 0.238 e. The third kappa shape index (κ3) is 3.74. The largest absolute Gasteiger partial charge is 0.446 e. The first-order chi connectivity index (χ1) is 11.6. The lowest BCUT2D eigenvalue weighted by atomic mass is 10.1. The van der Waals surface area contributed by atoms with E-state index >= 15 is 0 Å². The SMILES string of the molecule is CCc1c(OC2CC(O)CC(CO)O2)nn(C2CCOCC2)c1C. The molecule has 0 aromatic carbocycles. The van der Waals surface area contributed by atoms with Gasteiger partial charge in [0.1, 0.15) is 0 Å². The lowest BCUT2D eigenvalue weighted by molar-refractivity contribution is -0.186. The van der Waals surface area contributed by atoms with Crippen LogP contribution in [0.25, 0.3) is 0 Å². The van der Waals surface area contributed by atoms with Crippen molar-refractivity contribution in [3.05, 3.63) is 11.3 Å². The van der Waals surface area contributed by atoms with Crippen LogP contribution in [-0.4, -0.2) is 58.3 Å². The maximum atomic E-state index is 9.94. The average Bonchev–Trinajstić information content (AvgIpc) is 2.90. The second-order valence-electron chi connectivity index (χ2n) is 6.62. The lowest BCUT2D eigenvalue weighted by Crippen LogP contribution is -2.40. The van der Waals surface area contributed by atoms with Crippen LogP contribution >= 0.6 is 0 Å². The van der Waals surface area contributed by atoms with Gasteiger partial charge < -0.3 is 24.4 Å². The molecule has 0 saturated carbocycles. The van der Waals surface area contributed by atoms with Crippen LogP contribution in [0.5, 0.6) is 5.88 Å². The average molecular weight is 340 g/mol. The van der Waals surface area contributed by atoms with Gasteiger partial charge in [-0.1, -0.05) is 6.92 Å². The summed E-state index contributed by atoms with van der Waals surface area (Å²) in [5.74, 6) is 0.581. The van der Waals surface area contributed by atoms with Crippen molar-refractivity contribution in [1.82, 2.24) is 9.78 Å². The maximum absolute atomic E-state index is 9.94. The molecule has 1 aromatic rings. The zero-order valence-corrected chi connectivity index (χ0v) is 14.5. The van der Waals surface area contributed by atoms with Gasteiger partial charge in [0.25, 0.3) is 0 Å². The van der Waals surface area contributed by atoms with E-state index in [9.17, 15) is 10.2 Å². The summed E-state index contributed by atoms with van der Waals surface area (Å²) in [7, 11) is 0. The Bertz CT molecular complexity index is 541. The van der Waals surface area contributed by atoms with Gasteiger partial charge in [-0.15, -0.1) is 5.10 Å². The van der Waals surface area contributed by atoms with E-state index in [1.807, 2.05) is 0 Å². The minimum Gasteiger partial charge on any atom is -0.446 e. The number of aliphatic hydroxyl groups excluding tert-OH is 2. The van der Waals surface area contributed by atoms with Crippen LogP contribution in [0.3, 0.4) is 0 Å². The quantitative estimate of drug-likeness (QED) is 0.841. The van der Waals surface area contributed by atoms with Crippen molar-refractivity contribution in [2.24, 2.45) is 0 Å². The number of aliphatic hydroxyl groups is 2. The van der Waals surface area contributed by atoms with Crippen molar-refractivity contribution in [3.8, 4) is 5.88 Å². The van der Waals surface area contributed by atoms with Crippen LogP contribution in [0.15, 0.2) is 0 Å². The number of rotatable bonds is 5. The van der Waals surface area contributed by atoms with Crippen LogP contribution in [0.2, 0.25) is 0 Å². The van der Waals surface area contributed by atoms with Crippen molar-refractivity contribution in [2.45, 2.75) is 70.5 Å². The van der Waals surface area contributed by atoms with Gasteiger partial charge in [-0.2, -0.15) is 0 Å². The Morgan fingerprint density at radius 2 is 2.04 bits per heavy atom. The molecule has 3 unspecified atom stereocenters. The molecule has 0 amide bonds. The minimum atomic E-state index is -0.575. The van der Waals surface area contributed by atoms with E-state index in [0.717, 1.165) is 43.7 Å². The Hall–Kier alpha value is -1.15. The molecule has 2 aliphatic rings. The van der Waals surface area contributed by atoms with Gasteiger partial charge in [-0.25, -0.2) is 0 Å². The van der Waals surface area contributed by atoms with Crippen LogP contribution in [-0.2, 0) is 15.9 Å². The number of nitrogens with zero attached hydrogens (tertiary/aromatic N) is 2. The fourth-order valence-electron chi connectivity index (χ4n) is 3.58. The summed E-state index contributed by atoms with van der Waals surface area (Å²) in [5.41, 5.74) is 2.19. The Labute approximate surface area is 142 Å². The van der Waals surface area contributed by atoms with Crippen molar-refractivity contribution >= 4 is 0 Å². The first-order valence-electron chi connectivity index (χ1n) is 8.89. The second-order valence-corrected chi connectivity index (χ2v) is 6.62. The molecular weight excluding hydrogens is 312 g/mol. The summed E-state index contributed by atoms with van der Waals surface area (Å²) >= 11 is 0. The molecule has 0 spiro atoms. The van der Waals surface area contributed by atoms with E-state index in [-0.39, 0.29) is 12.7 Å². The molecule has 24 heavy (non-hydrogen) atoms. The molecule has 3 rings (SSSR count).